The van der Waals surface area contributed by atoms with Crippen LogP contribution in [0.2, 0.25) is 0 Å². The summed E-state index contributed by atoms with van der Waals surface area (Å²) in [5, 5.41) is 4.42. The van der Waals surface area contributed by atoms with Crippen LogP contribution < -0.4 is 10.2 Å². The van der Waals surface area contributed by atoms with E-state index in [-0.39, 0.29) is 17.5 Å². The Morgan fingerprint density at radius 3 is 3.00 bits per heavy atom. The first kappa shape index (κ1) is 13.3. The Bertz CT molecular complexity index is 551. The second-order valence-corrected chi connectivity index (χ2v) is 8.74. The zero-order chi connectivity index (χ0) is 13.5. The fraction of sp³-hybridized carbons (Fsp3) is 0.750. The SMILES string of the molecule is CC1CS(=O)(=O)CCN1c1ncc(CNC2CC2)s1. The molecule has 3 rings (SSSR count). The summed E-state index contributed by atoms with van der Waals surface area (Å²) in [4.78, 5) is 7.79. The van der Waals surface area contributed by atoms with Gasteiger partial charge in [-0.1, -0.05) is 0 Å². The van der Waals surface area contributed by atoms with Crippen LogP contribution in [0.3, 0.4) is 0 Å². The van der Waals surface area contributed by atoms with E-state index >= 15 is 0 Å². The zero-order valence-corrected chi connectivity index (χ0v) is 12.6. The number of nitrogens with one attached hydrogen (secondary N) is 1. The maximum atomic E-state index is 11.6. The van der Waals surface area contributed by atoms with Crippen molar-refractivity contribution in [1.82, 2.24) is 10.3 Å². The Labute approximate surface area is 117 Å². The van der Waals surface area contributed by atoms with Crippen LogP contribution in [-0.2, 0) is 16.4 Å². The molecule has 1 saturated heterocycles. The molecule has 106 valence electrons. The first-order chi connectivity index (χ1) is 9.03. The van der Waals surface area contributed by atoms with Crippen molar-refractivity contribution in [3.63, 3.8) is 0 Å². The highest BCUT2D eigenvalue weighted by Crippen LogP contribution is 2.27. The van der Waals surface area contributed by atoms with Crippen molar-refractivity contribution in [2.75, 3.05) is 23.0 Å². The van der Waals surface area contributed by atoms with E-state index in [4.69, 9.17) is 0 Å². The minimum Gasteiger partial charge on any atom is -0.343 e. The Morgan fingerprint density at radius 1 is 1.53 bits per heavy atom. The summed E-state index contributed by atoms with van der Waals surface area (Å²) in [6, 6.07) is 0.721. The molecule has 1 atom stereocenters. The molecule has 0 amide bonds. The second-order valence-electron chi connectivity index (χ2n) is 5.42. The van der Waals surface area contributed by atoms with Gasteiger partial charge in [0.15, 0.2) is 15.0 Å². The fourth-order valence-corrected chi connectivity index (χ4v) is 4.87. The van der Waals surface area contributed by atoms with Crippen molar-refractivity contribution in [3.8, 4) is 0 Å². The highest BCUT2D eigenvalue weighted by Gasteiger charge is 2.29. The van der Waals surface area contributed by atoms with Crippen LogP contribution in [-0.4, -0.2) is 43.5 Å². The molecule has 0 spiro atoms. The second kappa shape index (κ2) is 5.03. The van der Waals surface area contributed by atoms with Gasteiger partial charge in [-0.2, -0.15) is 0 Å². The van der Waals surface area contributed by atoms with Gasteiger partial charge in [0, 0.05) is 36.2 Å². The molecule has 1 N–H and O–H groups in total. The minimum atomic E-state index is -2.86. The van der Waals surface area contributed by atoms with E-state index in [1.54, 1.807) is 11.3 Å². The van der Waals surface area contributed by atoms with Gasteiger partial charge >= 0.3 is 0 Å². The third-order valence-electron chi connectivity index (χ3n) is 3.60. The summed E-state index contributed by atoms with van der Waals surface area (Å²) >= 11 is 1.67. The van der Waals surface area contributed by atoms with Gasteiger partial charge in [0.1, 0.15) is 0 Å². The monoisotopic (exact) mass is 301 g/mol. The third-order valence-corrected chi connectivity index (χ3v) is 6.43. The summed E-state index contributed by atoms with van der Waals surface area (Å²) < 4.78 is 23.1. The van der Waals surface area contributed by atoms with Gasteiger partial charge in [-0.25, -0.2) is 13.4 Å². The van der Waals surface area contributed by atoms with E-state index in [9.17, 15) is 8.42 Å². The lowest BCUT2D eigenvalue weighted by Crippen LogP contribution is -2.46. The summed E-state index contributed by atoms with van der Waals surface area (Å²) in [5.41, 5.74) is 0. The van der Waals surface area contributed by atoms with Crippen molar-refractivity contribution in [2.45, 2.75) is 38.4 Å². The van der Waals surface area contributed by atoms with Crippen LogP contribution in [0.1, 0.15) is 24.6 Å². The van der Waals surface area contributed by atoms with Crippen LogP contribution in [0.5, 0.6) is 0 Å². The van der Waals surface area contributed by atoms with Gasteiger partial charge in [-0.05, 0) is 19.8 Å². The molecule has 1 aliphatic carbocycles. The van der Waals surface area contributed by atoms with Gasteiger partial charge in [0.05, 0.1) is 11.5 Å². The van der Waals surface area contributed by atoms with Gasteiger partial charge in [-0.15, -0.1) is 11.3 Å². The zero-order valence-electron chi connectivity index (χ0n) is 11.0. The quantitative estimate of drug-likeness (QED) is 0.899. The van der Waals surface area contributed by atoms with Gasteiger partial charge < -0.3 is 10.2 Å². The number of hydrogen-bond acceptors (Lipinski definition) is 6. The Balaban J connectivity index is 1.64. The molecule has 1 aliphatic heterocycles. The van der Waals surface area contributed by atoms with Crippen LogP contribution in [0.4, 0.5) is 5.13 Å². The molecule has 2 heterocycles. The molecular formula is C12H19N3O2S2. The Kier molecular flexibility index (Phi) is 3.53. The van der Waals surface area contributed by atoms with Crippen LogP contribution in [0, 0.1) is 0 Å². The molecule has 2 aliphatic rings. The normalized spacial score (nSPS) is 26.6. The average molecular weight is 301 g/mol. The third kappa shape index (κ3) is 3.27. The number of hydrogen-bond donors (Lipinski definition) is 1. The largest absolute Gasteiger partial charge is 0.343 e. The number of anilines is 1. The van der Waals surface area contributed by atoms with E-state index in [0.717, 1.165) is 11.7 Å². The predicted octanol–water partition coefficient (Wildman–Crippen LogP) is 1.02. The smallest absolute Gasteiger partial charge is 0.185 e. The molecule has 1 aromatic rings. The van der Waals surface area contributed by atoms with Crippen molar-refractivity contribution in [3.05, 3.63) is 11.1 Å². The van der Waals surface area contributed by atoms with Gasteiger partial charge in [-0.3, -0.25) is 0 Å². The number of rotatable bonds is 4. The Hall–Kier alpha value is -0.660. The molecule has 5 nitrogen and oxygen atoms in total. The molecule has 0 bridgehead atoms. The van der Waals surface area contributed by atoms with E-state index < -0.39 is 9.84 Å². The van der Waals surface area contributed by atoms with Crippen LogP contribution >= 0.6 is 11.3 Å². The lowest BCUT2D eigenvalue weighted by molar-refractivity contribution is 0.568. The lowest BCUT2D eigenvalue weighted by Gasteiger charge is -2.32. The standard InChI is InChI=1S/C12H19N3O2S2/c1-9-8-19(16,17)5-4-15(9)12-14-7-11(18-12)6-13-10-2-3-10/h7,9-10,13H,2-6,8H2,1H3. The molecular weight excluding hydrogens is 282 g/mol. The summed E-state index contributed by atoms with van der Waals surface area (Å²) in [6.07, 6.45) is 4.48. The molecule has 1 aromatic heterocycles. The number of sulfone groups is 1. The van der Waals surface area contributed by atoms with Crippen molar-refractivity contribution < 1.29 is 8.42 Å². The molecule has 19 heavy (non-hydrogen) atoms. The van der Waals surface area contributed by atoms with Gasteiger partial charge in [0.25, 0.3) is 0 Å². The molecule has 1 unspecified atom stereocenters. The van der Waals surface area contributed by atoms with E-state index in [1.807, 2.05) is 13.1 Å². The van der Waals surface area contributed by atoms with Gasteiger partial charge in [0.2, 0.25) is 0 Å². The Morgan fingerprint density at radius 2 is 2.32 bits per heavy atom. The number of aromatic nitrogens is 1. The summed E-state index contributed by atoms with van der Waals surface area (Å²) in [6.45, 7) is 3.40. The first-order valence-corrected chi connectivity index (χ1v) is 9.32. The topological polar surface area (TPSA) is 62.3 Å². The maximum absolute atomic E-state index is 11.6. The highest BCUT2D eigenvalue weighted by atomic mass is 32.2. The van der Waals surface area contributed by atoms with E-state index in [0.29, 0.717) is 12.6 Å². The predicted molar refractivity (Wildman–Crippen MR) is 77.4 cm³/mol. The average Bonchev–Trinajstić information content (AvgIpc) is 3.04. The molecule has 0 radical (unpaired) electrons. The van der Waals surface area contributed by atoms with Crippen molar-refractivity contribution >= 4 is 26.3 Å². The van der Waals surface area contributed by atoms with E-state index in [1.165, 1.54) is 17.7 Å². The lowest BCUT2D eigenvalue weighted by atomic mass is 10.3. The van der Waals surface area contributed by atoms with Crippen molar-refractivity contribution in [2.24, 2.45) is 0 Å². The van der Waals surface area contributed by atoms with Crippen LogP contribution in [0.15, 0.2) is 6.20 Å². The number of thiazole rings is 1. The molecule has 1 saturated carbocycles. The van der Waals surface area contributed by atoms with Crippen LogP contribution in [0.25, 0.3) is 0 Å². The molecule has 2 fully saturated rings. The fourth-order valence-electron chi connectivity index (χ4n) is 2.33. The maximum Gasteiger partial charge on any atom is 0.185 e. The minimum absolute atomic E-state index is 0.0224. The van der Waals surface area contributed by atoms with E-state index in [2.05, 4.69) is 15.2 Å². The summed E-state index contributed by atoms with van der Waals surface area (Å²) in [7, 11) is -2.86. The molecule has 0 aromatic carbocycles. The summed E-state index contributed by atoms with van der Waals surface area (Å²) in [5.74, 6) is 0.481. The number of nitrogens with zero attached hydrogens (tertiary/aromatic N) is 2. The highest BCUT2D eigenvalue weighted by molar-refractivity contribution is 7.91. The van der Waals surface area contributed by atoms with Crippen molar-refractivity contribution in [1.29, 1.82) is 0 Å². The molecule has 7 heteroatoms. The first-order valence-electron chi connectivity index (χ1n) is 6.69.